The number of para-hydroxylation sites is 2. The summed E-state index contributed by atoms with van der Waals surface area (Å²) in [7, 11) is 0. The van der Waals surface area contributed by atoms with Crippen LogP contribution in [0, 0.1) is 5.92 Å². The maximum absolute atomic E-state index is 13.0. The zero-order chi connectivity index (χ0) is 23.2. The zero-order valence-electron chi connectivity index (χ0n) is 18.5. The van der Waals surface area contributed by atoms with E-state index in [-0.39, 0.29) is 24.2 Å². The van der Waals surface area contributed by atoms with Crippen LogP contribution in [0.25, 0.3) is 11.0 Å². The third-order valence-corrected chi connectivity index (χ3v) is 7.13. The Balaban J connectivity index is 1.37. The number of hydrogen-bond acceptors (Lipinski definition) is 7. The molecular weight excluding hydrogens is 452 g/mol. The molecule has 8 nitrogen and oxygen atoms in total. The van der Waals surface area contributed by atoms with E-state index < -0.39 is 5.97 Å². The number of furan rings is 1. The molecule has 1 aliphatic carbocycles. The molecule has 2 aliphatic rings. The number of fused-ring (bicyclic) bond motifs is 3. The summed E-state index contributed by atoms with van der Waals surface area (Å²) < 4.78 is 11.5. The maximum Gasteiger partial charge on any atom is 0.357 e. The molecule has 4 heterocycles. The fraction of sp³-hybridized carbons (Fsp3) is 0.280. The van der Waals surface area contributed by atoms with Crippen molar-refractivity contribution in [1.82, 2.24) is 15.0 Å². The molecular formula is C25H22N4O4S. The molecule has 1 saturated carbocycles. The van der Waals surface area contributed by atoms with Crippen molar-refractivity contribution in [2.75, 3.05) is 6.61 Å². The monoisotopic (exact) mass is 474 g/mol. The maximum atomic E-state index is 13.0. The van der Waals surface area contributed by atoms with Crippen LogP contribution in [0.5, 0.6) is 0 Å². The molecule has 0 radical (unpaired) electrons. The Hall–Kier alpha value is -3.59. The number of H-pyrrole nitrogens is 2. The largest absolute Gasteiger partial charge is 0.461 e. The number of carbonyl (C=O) groups is 2. The molecule has 34 heavy (non-hydrogen) atoms. The normalized spacial score (nSPS) is 19.6. The van der Waals surface area contributed by atoms with E-state index in [4.69, 9.17) is 14.1 Å². The van der Waals surface area contributed by atoms with Gasteiger partial charge in [0.15, 0.2) is 15.9 Å². The fourth-order valence-corrected chi connectivity index (χ4v) is 5.63. The smallest absolute Gasteiger partial charge is 0.357 e. The van der Waals surface area contributed by atoms with Gasteiger partial charge >= 0.3 is 5.97 Å². The number of imidazole rings is 1. The summed E-state index contributed by atoms with van der Waals surface area (Å²) in [5.41, 5.74) is 4.30. The lowest BCUT2D eigenvalue weighted by molar-refractivity contribution is -0.122. The van der Waals surface area contributed by atoms with Crippen LogP contribution in [-0.4, -0.2) is 39.0 Å². The number of aliphatic imine (C=N–C) groups is 1. The highest BCUT2D eigenvalue weighted by atomic mass is 32.2. The molecule has 0 bridgehead atoms. The Morgan fingerprint density at radius 3 is 2.94 bits per heavy atom. The van der Waals surface area contributed by atoms with Gasteiger partial charge < -0.3 is 19.1 Å². The van der Waals surface area contributed by atoms with Crippen LogP contribution in [0.3, 0.4) is 0 Å². The van der Waals surface area contributed by atoms with Crippen molar-refractivity contribution in [3.8, 4) is 0 Å². The van der Waals surface area contributed by atoms with Crippen LogP contribution in [0.15, 0.2) is 62.3 Å². The first-order valence-corrected chi connectivity index (χ1v) is 12.1. The molecule has 1 aliphatic heterocycles. The van der Waals surface area contributed by atoms with Crippen LogP contribution in [0.4, 0.5) is 5.69 Å². The number of hydrogen-bond donors (Lipinski definition) is 2. The molecule has 1 aromatic carbocycles. The number of aromatic amines is 2. The van der Waals surface area contributed by atoms with Crippen molar-refractivity contribution in [2.45, 2.75) is 42.4 Å². The van der Waals surface area contributed by atoms with Crippen LogP contribution >= 0.6 is 11.8 Å². The van der Waals surface area contributed by atoms with E-state index in [0.717, 1.165) is 40.3 Å². The van der Waals surface area contributed by atoms with Gasteiger partial charge in [0.2, 0.25) is 0 Å². The average molecular weight is 475 g/mol. The molecule has 0 amide bonds. The second-order valence-electron chi connectivity index (χ2n) is 8.38. The Morgan fingerprint density at radius 2 is 2.09 bits per heavy atom. The number of Topliss-reactive ketones (excluding diaryl/α,β-unsaturated/α-hetero) is 1. The number of aromatic nitrogens is 3. The minimum Gasteiger partial charge on any atom is -0.461 e. The van der Waals surface area contributed by atoms with Gasteiger partial charge in [-0.1, -0.05) is 12.1 Å². The van der Waals surface area contributed by atoms with Crippen molar-refractivity contribution in [3.05, 3.63) is 59.6 Å². The lowest BCUT2D eigenvalue weighted by Crippen LogP contribution is -2.36. The van der Waals surface area contributed by atoms with E-state index in [9.17, 15) is 9.59 Å². The number of esters is 1. The number of rotatable bonds is 5. The van der Waals surface area contributed by atoms with Gasteiger partial charge in [0.05, 0.1) is 35.2 Å². The molecule has 0 spiro atoms. The molecule has 9 heteroatoms. The van der Waals surface area contributed by atoms with Crippen LogP contribution in [-0.2, 0) is 9.53 Å². The minimum atomic E-state index is -0.451. The lowest BCUT2D eigenvalue weighted by atomic mass is 9.72. The van der Waals surface area contributed by atoms with Crippen molar-refractivity contribution in [1.29, 1.82) is 0 Å². The van der Waals surface area contributed by atoms with E-state index in [1.54, 1.807) is 13.1 Å². The van der Waals surface area contributed by atoms with Crippen molar-refractivity contribution >= 4 is 45.9 Å². The van der Waals surface area contributed by atoms with Gasteiger partial charge in [0, 0.05) is 23.9 Å². The van der Waals surface area contributed by atoms with E-state index >= 15 is 0 Å². The number of benzene rings is 1. The summed E-state index contributed by atoms with van der Waals surface area (Å²) in [5, 5.41) is 1.40. The highest BCUT2D eigenvalue weighted by Gasteiger charge is 2.44. The highest BCUT2D eigenvalue weighted by Crippen LogP contribution is 2.48. The molecule has 0 saturated heterocycles. The second kappa shape index (κ2) is 8.32. The van der Waals surface area contributed by atoms with Gasteiger partial charge in [-0.15, -0.1) is 0 Å². The molecule has 6 rings (SSSR count). The Kier molecular flexibility index (Phi) is 5.13. The van der Waals surface area contributed by atoms with Gasteiger partial charge in [0.1, 0.15) is 11.5 Å². The average Bonchev–Trinajstić information content (AvgIpc) is 3.56. The summed E-state index contributed by atoms with van der Waals surface area (Å²) in [6, 6.07) is 11.6. The predicted molar refractivity (Wildman–Crippen MR) is 127 cm³/mol. The first kappa shape index (κ1) is 21.0. The highest BCUT2D eigenvalue weighted by molar-refractivity contribution is 7.99. The van der Waals surface area contributed by atoms with Crippen molar-refractivity contribution in [2.24, 2.45) is 10.9 Å². The SMILES string of the molecule is CCOC(=O)c1[nH]cc2c1N=C1CCCC(=O)C1[C@H]2c1ccc(Sc2nc3ccccc3[nH]2)o1. The van der Waals surface area contributed by atoms with E-state index in [2.05, 4.69) is 15.0 Å². The summed E-state index contributed by atoms with van der Waals surface area (Å²) in [4.78, 5) is 41.2. The number of nitrogens with one attached hydrogen (secondary N) is 2. The minimum absolute atomic E-state index is 0.155. The third-order valence-electron chi connectivity index (χ3n) is 6.32. The molecule has 3 aromatic heterocycles. The molecule has 1 unspecified atom stereocenters. The summed E-state index contributed by atoms with van der Waals surface area (Å²) in [6.45, 7) is 2.04. The van der Waals surface area contributed by atoms with E-state index in [0.29, 0.717) is 28.7 Å². The first-order valence-electron chi connectivity index (χ1n) is 11.3. The van der Waals surface area contributed by atoms with Gasteiger partial charge in [-0.25, -0.2) is 9.78 Å². The topological polar surface area (TPSA) is 113 Å². The zero-order valence-corrected chi connectivity index (χ0v) is 19.3. The van der Waals surface area contributed by atoms with Gasteiger partial charge in [-0.3, -0.25) is 9.79 Å². The van der Waals surface area contributed by atoms with Crippen LogP contribution < -0.4 is 0 Å². The van der Waals surface area contributed by atoms with E-state index in [1.165, 1.54) is 11.8 Å². The number of carbonyl (C=O) groups excluding carboxylic acids is 2. The summed E-state index contributed by atoms with van der Waals surface area (Å²) in [5.74, 6) is -0.362. The Morgan fingerprint density at radius 1 is 1.21 bits per heavy atom. The molecule has 2 N–H and O–H groups in total. The Labute approximate surface area is 199 Å². The fourth-order valence-electron chi connectivity index (χ4n) is 4.86. The number of nitrogens with zero attached hydrogens (tertiary/aromatic N) is 2. The number of ether oxygens (including phenoxy) is 1. The van der Waals surface area contributed by atoms with Crippen molar-refractivity contribution < 1.29 is 18.7 Å². The van der Waals surface area contributed by atoms with Gasteiger partial charge in [-0.05, 0) is 55.8 Å². The van der Waals surface area contributed by atoms with Crippen molar-refractivity contribution in [3.63, 3.8) is 0 Å². The summed E-state index contributed by atoms with van der Waals surface area (Å²) in [6.07, 6.45) is 3.76. The van der Waals surface area contributed by atoms with Gasteiger partial charge in [0.25, 0.3) is 0 Å². The Bertz CT molecular complexity index is 1410. The molecule has 1 fully saturated rings. The molecule has 172 valence electrons. The lowest BCUT2D eigenvalue weighted by Gasteiger charge is -2.32. The predicted octanol–water partition coefficient (Wildman–Crippen LogP) is 5.40. The molecule has 2 atom stereocenters. The van der Waals surface area contributed by atoms with Crippen LogP contribution in [0.1, 0.15) is 53.9 Å². The molecule has 4 aromatic rings. The quantitative estimate of drug-likeness (QED) is 0.375. The number of ketones is 1. The van der Waals surface area contributed by atoms with Crippen LogP contribution in [0.2, 0.25) is 0 Å². The summed E-state index contributed by atoms with van der Waals surface area (Å²) >= 11 is 1.40. The third kappa shape index (κ3) is 3.47. The first-order chi connectivity index (χ1) is 16.6. The van der Waals surface area contributed by atoms with E-state index in [1.807, 2.05) is 36.4 Å². The second-order valence-corrected chi connectivity index (χ2v) is 9.38. The standard InChI is InChI=1S/C25H22N4O4S/c1-2-32-24(31)23-22-13(12-26-23)20(21-16(27-22)8-5-9-17(21)30)18-10-11-19(33-18)34-25-28-14-6-3-4-7-15(14)29-25/h3-4,6-7,10-12,20-21,26H,2,5,8-9H2,1H3,(H,28,29)/t20-,21?/m1/s1. The van der Waals surface area contributed by atoms with Gasteiger partial charge in [-0.2, -0.15) is 0 Å².